The lowest BCUT2D eigenvalue weighted by molar-refractivity contribution is -0.870. The number of unbranched alkanes of at least 4 members (excludes halogenated alkanes) is 29. The van der Waals surface area contributed by atoms with Gasteiger partial charge in [0.05, 0.1) is 33.8 Å². The number of amides is 1. The maximum atomic E-state index is 13.6. The third-order valence-corrected chi connectivity index (χ3v) is 15.7. The molecule has 0 aliphatic heterocycles. The fourth-order valence-corrected chi connectivity index (χ4v) is 10.1. The molecule has 0 aromatic carbocycles. The van der Waals surface area contributed by atoms with E-state index in [1.54, 1.807) is 0 Å². The molecule has 0 radical (unpaired) electrons. The number of carbonyl (C=O) groups is 2. The Bertz CT molecular complexity index is 1790. The number of nitrogens with one attached hydrogen (secondary N) is 1. The number of likely N-dealkylation sites (N-methyl/N-ethyl adjacent to an activating group) is 1. The summed E-state index contributed by atoms with van der Waals surface area (Å²) in [5, 5.41) is 3.05. The van der Waals surface area contributed by atoms with Gasteiger partial charge in [0.25, 0.3) is 0 Å². The van der Waals surface area contributed by atoms with Crippen LogP contribution >= 0.6 is 7.82 Å². The van der Waals surface area contributed by atoms with Gasteiger partial charge in [-0.1, -0.05) is 265 Å². The molecule has 0 aliphatic rings. The Morgan fingerprint density at radius 3 is 1.13 bits per heavy atom. The van der Waals surface area contributed by atoms with E-state index >= 15 is 0 Å². The van der Waals surface area contributed by atoms with E-state index in [2.05, 4.69) is 123 Å². The molecule has 0 aromatic rings. The first-order chi connectivity index (χ1) is 40.4. The molecule has 0 fully saturated rings. The van der Waals surface area contributed by atoms with Crippen LogP contribution in [-0.2, 0) is 27.9 Å². The van der Waals surface area contributed by atoms with Crippen LogP contribution < -0.4 is 5.32 Å². The quantitative estimate of drug-likeness (QED) is 0.0205. The summed E-state index contributed by atoms with van der Waals surface area (Å²) in [6.45, 7) is 6.93. The zero-order valence-corrected chi connectivity index (χ0v) is 55.6. The van der Waals surface area contributed by atoms with Crippen LogP contribution in [0, 0.1) is 0 Å². The Morgan fingerprint density at radius 2 is 0.735 bits per heavy atom. The monoisotopic (exact) mass is 1180 g/mol. The molecule has 3 unspecified atom stereocenters. The van der Waals surface area contributed by atoms with Gasteiger partial charge in [-0.3, -0.25) is 18.6 Å². The summed E-state index contributed by atoms with van der Waals surface area (Å²) in [6, 6.07) is -0.870. The maximum Gasteiger partial charge on any atom is 0.472 e. The highest BCUT2D eigenvalue weighted by molar-refractivity contribution is 7.47. The molecule has 0 saturated carbocycles. The number of allylic oxidation sites excluding steroid dienone is 17. The SMILES string of the molecule is CCCCC/C=C\C/C=C\C/C=C\C/C=C\CCCCCCCCCCCCCC(=O)NC(COP(=O)(O)OCC[N+](C)(C)C)C(/C=C\CCCCCCCCCCC)OC(=O)CCCCC/C=C\C/C=C\C/C=C\C/C=C\CCCCC. The van der Waals surface area contributed by atoms with Crippen molar-refractivity contribution in [1.82, 2.24) is 5.32 Å². The first kappa shape index (κ1) is 79.7. The third kappa shape index (κ3) is 63.0. The number of carbonyl (C=O) groups excluding carboxylic acids is 2. The maximum absolute atomic E-state index is 13.6. The van der Waals surface area contributed by atoms with Crippen LogP contribution in [0.5, 0.6) is 0 Å². The number of phosphoric ester groups is 1. The topological polar surface area (TPSA) is 111 Å². The van der Waals surface area contributed by atoms with Crippen LogP contribution in [0.1, 0.15) is 290 Å². The van der Waals surface area contributed by atoms with E-state index in [1.165, 1.54) is 148 Å². The minimum Gasteiger partial charge on any atom is -0.456 e. The van der Waals surface area contributed by atoms with Gasteiger partial charge in [-0.2, -0.15) is 0 Å². The molecule has 83 heavy (non-hydrogen) atoms. The minimum atomic E-state index is -4.47. The van der Waals surface area contributed by atoms with Gasteiger partial charge in [0.15, 0.2) is 0 Å². The number of hydrogen-bond donors (Lipinski definition) is 2. The van der Waals surface area contributed by atoms with Crippen molar-refractivity contribution in [2.45, 2.75) is 303 Å². The van der Waals surface area contributed by atoms with Crippen molar-refractivity contribution in [3.05, 3.63) is 109 Å². The molecule has 0 bridgehead atoms. The van der Waals surface area contributed by atoms with Crippen molar-refractivity contribution in [3.8, 4) is 0 Å². The van der Waals surface area contributed by atoms with Crippen molar-refractivity contribution < 1.29 is 37.3 Å². The summed E-state index contributed by atoms with van der Waals surface area (Å²) in [6.07, 6.45) is 85.2. The summed E-state index contributed by atoms with van der Waals surface area (Å²) in [5.41, 5.74) is 0. The molecule has 2 N–H and O–H groups in total. The van der Waals surface area contributed by atoms with Gasteiger partial charge < -0.3 is 19.4 Å². The molecular formula is C73H130N2O7P+. The van der Waals surface area contributed by atoms with Gasteiger partial charge in [0, 0.05) is 12.8 Å². The molecule has 478 valence electrons. The van der Waals surface area contributed by atoms with E-state index in [0.717, 1.165) is 103 Å². The van der Waals surface area contributed by atoms with Crippen LogP contribution in [0.25, 0.3) is 0 Å². The van der Waals surface area contributed by atoms with Crippen molar-refractivity contribution >= 4 is 19.7 Å². The van der Waals surface area contributed by atoms with Gasteiger partial charge in [-0.05, 0) is 122 Å². The van der Waals surface area contributed by atoms with Gasteiger partial charge >= 0.3 is 13.8 Å². The normalized spacial score (nSPS) is 14.3. The summed E-state index contributed by atoms with van der Waals surface area (Å²) >= 11 is 0. The number of ether oxygens (including phenoxy) is 1. The van der Waals surface area contributed by atoms with Crippen molar-refractivity contribution in [1.29, 1.82) is 0 Å². The van der Waals surface area contributed by atoms with E-state index in [9.17, 15) is 19.0 Å². The largest absolute Gasteiger partial charge is 0.472 e. The zero-order valence-electron chi connectivity index (χ0n) is 54.7. The van der Waals surface area contributed by atoms with Crippen LogP contribution in [0.4, 0.5) is 0 Å². The van der Waals surface area contributed by atoms with Crippen molar-refractivity contribution in [2.24, 2.45) is 0 Å². The minimum absolute atomic E-state index is 0.0294. The fourth-order valence-electron chi connectivity index (χ4n) is 9.38. The highest BCUT2D eigenvalue weighted by Crippen LogP contribution is 2.43. The predicted molar refractivity (Wildman–Crippen MR) is 360 cm³/mol. The molecule has 0 aromatic heterocycles. The molecular weight excluding hydrogens is 1050 g/mol. The van der Waals surface area contributed by atoms with E-state index < -0.39 is 20.0 Å². The van der Waals surface area contributed by atoms with Gasteiger partial charge in [-0.15, -0.1) is 0 Å². The number of quaternary nitrogens is 1. The standard InChI is InChI=1S/C73H129N2O7P/c1-7-10-13-16-19-22-25-27-29-31-33-34-35-36-37-38-39-40-42-43-45-47-50-53-56-59-62-65-72(76)74-70(69-81-83(78,79)80-68-67-75(4,5)6)71(64-61-58-55-52-49-24-21-18-15-12-9-3)82-73(77)66-63-60-57-54-51-48-46-44-41-32-30-28-26-23-20-17-14-11-8-2/h19-20,22-23,27-30,33-34,36-37,41,44,48,51,61,64,70-71H,7-18,21,24-26,31-32,35,38-40,42-43,45-47,49-50,52-60,62-63,65-69H2,1-6H3,(H-,74,76,78,79)/p+1/b22-19-,23-20-,29-27-,30-28-,34-33-,37-36-,44-41-,51-48-,64-61-. The Hall–Kier alpha value is -3.33. The first-order valence-electron chi connectivity index (χ1n) is 34.2. The molecule has 0 heterocycles. The molecule has 3 atom stereocenters. The zero-order chi connectivity index (χ0) is 60.7. The molecule has 0 saturated heterocycles. The summed E-state index contributed by atoms with van der Waals surface area (Å²) < 4.78 is 30.7. The van der Waals surface area contributed by atoms with Crippen LogP contribution in [0.3, 0.4) is 0 Å². The van der Waals surface area contributed by atoms with Crippen LogP contribution in [0.15, 0.2) is 109 Å². The third-order valence-electron chi connectivity index (χ3n) is 14.7. The van der Waals surface area contributed by atoms with Crippen molar-refractivity contribution in [2.75, 3.05) is 40.9 Å². The number of nitrogens with zero attached hydrogens (tertiary/aromatic N) is 1. The van der Waals surface area contributed by atoms with Gasteiger partial charge in [0.1, 0.15) is 19.3 Å². The Kier molecular flexibility index (Phi) is 59.3. The molecule has 9 nitrogen and oxygen atoms in total. The second-order valence-electron chi connectivity index (χ2n) is 24.0. The van der Waals surface area contributed by atoms with E-state index in [1.807, 2.05) is 33.3 Å². The highest BCUT2D eigenvalue weighted by Gasteiger charge is 2.30. The molecule has 10 heteroatoms. The summed E-state index contributed by atoms with van der Waals surface area (Å²) in [5.74, 6) is -0.547. The summed E-state index contributed by atoms with van der Waals surface area (Å²) in [7, 11) is 1.47. The van der Waals surface area contributed by atoms with E-state index in [0.29, 0.717) is 23.9 Å². The molecule has 0 aliphatic carbocycles. The first-order valence-corrected chi connectivity index (χ1v) is 35.7. The average Bonchev–Trinajstić information content (AvgIpc) is 3.51. The van der Waals surface area contributed by atoms with Crippen LogP contribution in [0.2, 0.25) is 0 Å². The lowest BCUT2D eigenvalue weighted by Crippen LogP contribution is -2.47. The lowest BCUT2D eigenvalue weighted by atomic mass is 10.0. The molecule has 0 rings (SSSR count). The van der Waals surface area contributed by atoms with Gasteiger partial charge in [-0.25, -0.2) is 4.57 Å². The lowest BCUT2D eigenvalue weighted by Gasteiger charge is -2.27. The second-order valence-corrected chi connectivity index (χ2v) is 25.4. The summed E-state index contributed by atoms with van der Waals surface area (Å²) in [4.78, 5) is 37.8. The van der Waals surface area contributed by atoms with Gasteiger partial charge in [0.2, 0.25) is 5.91 Å². The smallest absolute Gasteiger partial charge is 0.456 e. The average molecular weight is 1180 g/mol. The molecule has 1 amide bonds. The van der Waals surface area contributed by atoms with Crippen LogP contribution in [-0.4, -0.2) is 74.3 Å². The molecule has 0 spiro atoms. The number of rotatable bonds is 61. The predicted octanol–water partition coefficient (Wildman–Crippen LogP) is 21.7. The van der Waals surface area contributed by atoms with E-state index in [-0.39, 0.29) is 31.5 Å². The second kappa shape index (κ2) is 61.7. The highest BCUT2D eigenvalue weighted by atomic mass is 31.2. The Labute approximate surface area is 512 Å². The number of phosphoric acid groups is 1. The number of esters is 1. The Balaban J connectivity index is 5.11. The van der Waals surface area contributed by atoms with Crippen molar-refractivity contribution in [3.63, 3.8) is 0 Å². The fraction of sp³-hybridized carbons (Fsp3) is 0.726. The number of hydrogen-bond acceptors (Lipinski definition) is 6. The Morgan fingerprint density at radius 1 is 0.422 bits per heavy atom. The van der Waals surface area contributed by atoms with E-state index in [4.69, 9.17) is 13.8 Å².